The number of rotatable bonds is 4. The number of carbonyl (C=O) groups excluding carboxylic acids is 1. The Morgan fingerprint density at radius 2 is 1.83 bits per heavy atom. The van der Waals surface area contributed by atoms with Crippen LogP contribution in [-0.2, 0) is 0 Å². The van der Waals surface area contributed by atoms with Crippen LogP contribution in [0.25, 0.3) is 11.1 Å². The van der Waals surface area contributed by atoms with Crippen molar-refractivity contribution in [1.82, 2.24) is 15.1 Å². The number of ether oxygens (including phenoxy) is 1. The summed E-state index contributed by atoms with van der Waals surface area (Å²) in [6.45, 7) is 5.59. The average Bonchev–Trinajstić information content (AvgIpc) is 3.29. The van der Waals surface area contributed by atoms with Gasteiger partial charge in [0.2, 0.25) is 0 Å². The van der Waals surface area contributed by atoms with E-state index in [4.69, 9.17) is 4.74 Å². The van der Waals surface area contributed by atoms with E-state index in [1.54, 1.807) is 7.11 Å². The summed E-state index contributed by atoms with van der Waals surface area (Å²) in [5, 5.41) is 6.54. The van der Waals surface area contributed by atoms with Crippen molar-refractivity contribution >= 4 is 36.5 Å². The van der Waals surface area contributed by atoms with Crippen molar-refractivity contribution in [1.29, 1.82) is 0 Å². The second-order valence-corrected chi connectivity index (χ2v) is 7.38. The van der Waals surface area contributed by atoms with Gasteiger partial charge >= 0.3 is 6.03 Å². The minimum atomic E-state index is -0.0282. The number of halogens is 2. The van der Waals surface area contributed by atoms with Crippen LogP contribution in [0.5, 0.6) is 5.75 Å². The lowest BCUT2D eigenvalue weighted by molar-refractivity contribution is 0.119. The molecule has 2 aliphatic heterocycles. The van der Waals surface area contributed by atoms with Gasteiger partial charge in [0.15, 0.2) is 0 Å². The fraction of sp³-hybridized carbons (Fsp3) is 0.409. The highest BCUT2D eigenvalue weighted by Crippen LogP contribution is 2.30. The molecule has 1 unspecified atom stereocenters. The zero-order valence-electron chi connectivity index (χ0n) is 17.2. The number of methoxy groups -OCH3 is 1. The number of carbonyl (C=O) groups is 1. The largest absolute Gasteiger partial charge is 0.497 e. The van der Waals surface area contributed by atoms with Crippen molar-refractivity contribution in [2.24, 2.45) is 0 Å². The molecule has 4 rings (SSSR count). The Hall–Kier alpha value is -1.99. The molecule has 8 heteroatoms. The van der Waals surface area contributed by atoms with Crippen LogP contribution in [0.1, 0.15) is 6.42 Å². The topological polar surface area (TPSA) is 56.8 Å². The molecule has 2 aromatic rings. The molecular formula is C22H30Cl2N4O2. The van der Waals surface area contributed by atoms with Crippen molar-refractivity contribution in [3.63, 3.8) is 0 Å². The van der Waals surface area contributed by atoms with E-state index in [1.165, 1.54) is 6.42 Å². The Balaban J connectivity index is 0.00000160. The number of hydrogen-bond donors (Lipinski definition) is 2. The van der Waals surface area contributed by atoms with E-state index in [2.05, 4.69) is 15.5 Å². The summed E-state index contributed by atoms with van der Waals surface area (Å²) in [4.78, 5) is 17.3. The first-order valence-corrected chi connectivity index (χ1v) is 9.99. The smallest absolute Gasteiger partial charge is 0.321 e. The van der Waals surface area contributed by atoms with E-state index in [9.17, 15) is 4.79 Å². The van der Waals surface area contributed by atoms with Gasteiger partial charge < -0.3 is 20.3 Å². The molecule has 1 atom stereocenters. The SMILES string of the molecule is COc1cccc(-c2ccccc2NC(=O)N2CCN(C3CCNC3)CC2)c1.Cl.Cl. The van der Waals surface area contributed by atoms with Crippen molar-refractivity contribution in [2.75, 3.05) is 51.7 Å². The second kappa shape index (κ2) is 11.4. The predicted molar refractivity (Wildman–Crippen MR) is 126 cm³/mol. The number of nitrogens with one attached hydrogen (secondary N) is 2. The van der Waals surface area contributed by atoms with Gasteiger partial charge in [-0.2, -0.15) is 0 Å². The summed E-state index contributed by atoms with van der Waals surface area (Å²) in [6.07, 6.45) is 1.21. The summed E-state index contributed by atoms with van der Waals surface area (Å²) >= 11 is 0. The summed E-state index contributed by atoms with van der Waals surface area (Å²) in [5.41, 5.74) is 2.84. The highest BCUT2D eigenvalue weighted by molar-refractivity contribution is 5.94. The first-order valence-electron chi connectivity index (χ1n) is 9.99. The number of para-hydroxylation sites is 1. The third-order valence-corrected chi connectivity index (χ3v) is 5.70. The van der Waals surface area contributed by atoms with Crippen LogP contribution < -0.4 is 15.4 Å². The zero-order valence-corrected chi connectivity index (χ0v) is 18.8. The van der Waals surface area contributed by atoms with Crippen LogP contribution in [-0.4, -0.2) is 68.3 Å². The number of piperazine rings is 1. The minimum absolute atomic E-state index is 0. The summed E-state index contributed by atoms with van der Waals surface area (Å²) in [7, 11) is 1.66. The van der Waals surface area contributed by atoms with Crippen molar-refractivity contribution in [2.45, 2.75) is 12.5 Å². The van der Waals surface area contributed by atoms with Gasteiger partial charge in [0.25, 0.3) is 0 Å². The maximum absolute atomic E-state index is 12.9. The second-order valence-electron chi connectivity index (χ2n) is 7.38. The molecule has 30 heavy (non-hydrogen) atoms. The average molecular weight is 453 g/mol. The minimum Gasteiger partial charge on any atom is -0.497 e. The lowest BCUT2D eigenvalue weighted by Gasteiger charge is -2.37. The normalized spacial score (nSPS) is 18.8. The highest BCUT2D eigenvalue weighted by Gasteiger charge is 2.28. The molecule has 2 saturated heterocycles. The number of urea groups is 1. The van der Waals surface area contributed by atoms with E-state index in [0.717, 1.165) is 61.8 Å². The van der Waals surface area contributed by atoms with Crippen LogP contribution in [0.15, 0.2) is 48.5 Å². The predicted octanol–water partition coefficient (Wildman–Crippen LogP) is 3.72. The molecule has 6 nitrogen and oxygen atoms in total. The number of nitrogens with zero attached hydrogens (tertiary/aromatic N) is 2. The molecule has 2 aromatic carbocycles. The highest BCUT2D eigenvalue weighted by atomic mass is 35.5. The standard InChI is InChI=1S/C22H28N4O2.2ClH/c1-28-19-6-4-5-17(15-19)20-7-2-3-8-21(20)24-22(27)26-13-11-25(12-14-26)18-9-10-23-16-18;;/h2-8,15,18,23H,9-14,16H2,1H3,(H,24,27);2*1H. The molecule has 164 valence electrons. The molecule has 2 aliphatic rings. The number of hydrogen-bond acceptors (Lipinski definition) is 4. The van der Waals surface area contributed by atoms with E-state index in [-0.39, 0.29) is 30.8 Å². The molecule has 0 bridgehead atoms. The molecule has 2 N–H and O–H groups in total. The van der Waals surface area contributed by atoms with Crippen LogP contribution in [0.2, 0.25) is 0 Å². The number of benzene rings is 2. The number of amides is 2. The van der Waals surface area contributed by atoms with Crippen molar-refractivity contribution in [3.8, 4) is 16.9 Å². The van der Waals surface area contributed by atoms with Crippen LogP contribution >= 0.6 is 24.8 Å². The summed E-state index contributed by atoms with van der Waals surface area (Å²) < 4.78 is 5.34. The summed E-state index contributed by atoms with van der Waals surface area (Å²) in [6, 6.07) is 16.4. The Kier molecular flexibility index (Phi) is 9.24. The van der Waals surface area contributed by atoms with E-state index in [1.807, 2.05) is 53.4 Å². The molecule has 2 amide bonds. The number of anilines is 1. The van der Waals surface area contributed by atoms with Crippen molar-refractivity contribution < 1.29 is 9.53 Å². The fourth-order valence-electron chi connectivity index (χ4n) is 4.07. The quantitative estimate of drug-likeness (QED) is 0.741. The lowest BCUT2D eigenvalue weighted by Crippen LogP contribution is -2.53. The van der Waals surface area contributed by atoms with E-state index < -0.39 is 0 Å². The third kappa shape index (κ3) is 5.58. The molecular weight excluding hydrogens is 423 g/mol. The van der Waals surface area contributed by atoms with Gasteiger partial charge in [0.05, 0.1) is 12.8 Å². The fourth-order valence-corrected chi connectivity index (χ4v) is 4.07. The molecule has 0 saturated carbocycles. The van der Waals surface area contributed by atoms with Crippen LogP contribution in [0.4, 0.5) is 10.5 Å². The van der Waals surface area contributed by atoms with Crippen LogP contribution in [0.3, 0.4) is 0 Å². The van der Waals surface area contributed by atoms with E-state index >= 15 is 0 Å². The van der Waals surface area contributed by atoms with E-state index in [0.29, 0.717) is 6.04 Å². The van der Waals surface area contributed by atoms with Gasteiger partial charge in [-0.15, -0.1) is 24.8 Å². The Labute approximate surface area is 190 Å². The van der Waals surface area contributed by atoms with Crippen molar-refractivity contribution in [3.05, 3.63) is 48.5 Å². The molecule has 2 heterocycles. The Morgan fingerprint density at radius 1 is 1.07 bits per heavy atom. The van der Waals surface area contributed by atoms with Crippen LogP contribution in [0, 0.1) is 0 Å². The first-order chi connectivity index (χ1) is 13.7. The Morgan fingerprint density at radius 3 is 2.53 bits per heavy atom. The van der Waals surface area contributed by atoms with Gasteiger partial charge in [-0.05, 0) is 36.7 Å². The lowest BCUT2D eigenvalue weighted by atomic mass is 10.0. The molecule has 0 radical (unpaired) electrons. The third-order valence-electron chi connectivity index (χ3n) is 5.70. The van der Waals surface area contributed by atoms with Gasteiger partial charge in [-0.1, -0.05) is 30.3 Å². The first kappa shape index (κ1) is 24.3. The monoisotopic (exact) mass is 452 g/mol. The molecule has 0 spiro atoms. The maximum atomic E-state index is 12.9. The molecule has 0 aromatic heterocycles. The zero-order chi connectivity index (χ0) is 19.3. The Bertz CT molecular complexity index is 822. The van der Waals surface area contributed by atoms with Gasteiger partial charge in [0.1, 0.15) is 5.75 Å². The van der Waals surface area contributed by atoms with Gasteiger partial charge in [0, 0.05) is 44.3 Å². The molecule has 0 aliphatic carbocycles. The maximum Gasteiger partial charge on any atom is 0.321 e. The van der Waals surface area contributed by atoms with Gasteiger partial charge in [-0.3, -0.25) is 4.90 Å². The van der Waals surface area contributed by atoms with Gasteiger partial charge in [-0.25, -0.2) is 4.79 Å². The summed E-state index contributed by atoms with van der Waals surface area (Å²) in [5.74, 6) is 0.802. The molecule has 2 fully saturated rings.